The molecule has 1 aromatic heterocycles. The number of aromatic nitrogens is 1. The van der Waals surface area contributed by atoms with Gasteiger partial charge in [0.15, 0.2) is 0 Å². The predicted octanol–water partition coefficient (Wildman–Crippen LogP) is 2.44. The van der Waals surface area contributed by atoms with E-state index in [0.29, 0.717) is 50.6 Å². The molecule has 176 valence electrons. The quantitative estimate of drug-likeness (QED) is 0.634. The lowest BCUT2D eigenvalue weighted by atomic mass is 10.1. The number of aromatic amines is 1. The maximum absolute atomic E-state index is 13.2. The van der Waals surface area contributed by atoms with Gasteiger partial charge in [0.1, 0.15) is 5.75 Å². The van der Waals surface area contributed by atoms with E-state index in [-0.39, 0.29) is 30.1 Å². The molecule has 2 aliphatic heterocycles. The molecule has 3 heterocycles. The standard InChI is InChI=1S/C26H28N4O4/c1-34-23-9-5-4-8-22(23)30-17-19(15-25(30)32)26(33)29-12-10-28(11-13-29)24(31)14-18-16-27-21-7-3-2-6-20(18)21/h2-9,16,19,27H,10-15,17H2,1H3. The number of para-hydroxylation sites is 3. The number of carbonyl (C=O) groups is 3. The van der Waals surface area contributed by atoms with Gasteiger partial charge in [-0.05, 0) is 23.8 Å². The minimum atomic E-state index is -0.383. The highest BCUT2D eigenvalue weighted by atomic mass is 16.5. The Bertz CT molecular complexity index is 1230. The number of piperazine rings is 1. The Hall–Kier alpha value is -3.81. The molecule has 1 N–H and O–H groups in total. The second-order valence-electron chi connectivity index (χ2n) is 8.82. The first-order valence-corrected chi connectivity index (χ1v) is 11.6. The lowest BCUT2D eigenvalue weighted by Crippen LogP contribution is -2.52. The minimum absolute atomic E-state index is 0.0190. The molecule has 2 aliphatic rings. The Morgan fingerprint density at radius 3 is 2.50 bits per heavy atom. The predicted molar refractivity (Wildman–Crippen MR) is 129 cm³/mol. The maximum atomic E-state index is 13.2. The van der Waals surface area contributed by atoms with E-state index in [1.54, 1.807) is 16.9 Å². The number of H-pyrrole nitrogens is 1. The second kappa shape index (κ2) is 9.21. The van der Waals surface area contributed by atoms with Crippen molar-refractivity contribution in [2.75, 3.05) is 44.7 Å². The third kappa shape index (κ3) is 4.11. The average molecular weight is 461 g/mol. The van der Waals surface area contributed by atoms with Crippen molar-refractivity contribution in [3.8, 4) is 5.75 Å². The Balaban J connectivity index is 1.17. The molecule has 2 fully saturated rings. The van der Waals surface area contributed by atoms with Gasteiger partial charge in [0.25, 0.3) is 0 Å². The van der Waals surface area contributed by atoms with Gasteiger partial charge in [-0.3, -0.25) is 14.4 Å². The number of nitrogens with one attached hydrogen (secondary N) is 1. The molecule has 2 aromatic carbocycles. The van der Waals surface area contributed by atoms with Crippen LogP contribution in [-0.2, 0) is 20.8 Å². The van der Waals surface area contributed by atoms with E-state index in [1.165, 1.54) is 0 Å². The topological polar surface area (TPSA) is 85.9 Å². The number of rotatable bonds is 5. The van der Waals surface area contributed by atoms with Crippen molar-refractivity contribution in [1.29, 1.82) is 0 Å². The first-order chi connectivity index (χ1) is 16.5. The van der Waals surface area contributed by atoms with Crippen LogP contribution in [0.1, 0.15) is 12.0 Å². The van der Waals surface area contributed by atoms with Crippen LogP contribution in [0.3, 0.4) is 0 Å². The molecule has 3 aromatic rings. The van der Waals surface area contributed by atoms with Gasteiger partial charge in [-0.25, -0.2) is 0 Å². The molecule has 8 nitrogen and oxygen atoms in total. The largest absolute Gasteiger partial charge is 0.495 e. The van der Waals surface area contributed by atoms with Gasteiger partial charge in [-0.2, -0.15) is 0 Å². The Morgan fingerprint density at radius 1 is 1.00 bits per heavy atom. The minimum Gasteiger partial charge on any atom is -0.495 e. The maximum Gasteiger partial charge on any atom is 0.228 e. The Labute approximate surface area is 198 Å². The van der Waals surface area contributed by atoms with Crippen molar-refractivity contribution in [2.24, 2.45) is 5.92 Å². The lowest BCUT2D eigenvalue weighted by molar-refractivity contribution is -0.141. The fraction of sp³-hybridized carbons (Fsp3) is 0.346. The zero-order valence-corrected chi connectivity index (χ0v) is 19.2. The lowest BCUT2D eigenvalue weighted by Gasteiger charge is -2.36. The highest BCUT2D eigenvalue weighted by molar-refractivity contribution is 6.01. The Morgan fingerprint density at radius 2 is 1.71 bits per heavy atom. The monoisotopic (exact) mass is 460 g/mol. The molecular weight excluding hydrogens is 432 g/mol. The summed E-state index contributed by atoms with van der Waals surface area (Å²) >= 11 is 0. The number of anilines is 1. The molecule has 0 spiro atoms. The van der Waals surface area contributed by atoms with Gasteiger partial charge in [-0.1, -0.05) is 30.3 Å². The van der Waals surface area contributed by atoms with Crippen LogP contribution in [0.4, 0.5) is 5.69 Å². The van der Waals surface area contributed by atoms with E-state index in [0.717, 1.165) is 16.5 Å². The van der Waals surface area contributed by atoms with Crippen molar-refractivity contribution in [2.45, 2.75) is 12.8 Å². The molecule has 0 radical (unpaired) electrons. The number of carbonyl (C=O) groups excluding carboxylic acids is 3. The number of fused-ring (bicyclic) bond motifs is 1. The summed E-state index contributed by atoms with van der Waals surface area (Å²) in [4.78, 5) is 47.2. The summed E-state index contributed by atoms with van der Waals surface area (Å²) < 4.78 is 5.38. The third-order valence-electron chi connectivity index (χ3n) is 6.81. The number of benzene rings is 2. The van der Waals surface area contributed by atoms with E-state index in [2.05, 4.69) is 4.98 Å². The number of nitrogens with zero attached hydrogens (tertiary/aromatic N) is 3. The Kier molecular flexibility index (Phi) is 5.96. The number of ether oxygens (including phenoxy) is 1. The van der Waals surface area contributed by atoms with Gasteiger partial charge in [0.05, 0.1) is 25.1 Å². The fourth-order valence-electron chi connectivity index (χ4n) is 4.95. The second-order valence-corrected chi connectivity index (χ2v) is 8.82. The normalized spacial score (nSPS) is 18.6. The number of hydrogen-bond donors (Lipinski definition) is 1. The zero-order valence-electron chi connectivity index (χ0n) is 19.2. The van der Waals surface area contributed by atoms with E-state index >= 15 is 0 Å². The third-order valence-corrected chi connectivity index (χ3v) is 6.81. The molecule has 1 unspecified atom stereocenters. The molecule has 34 heavy (non-hydrogen) atoms. The van der Waals surface area contributed by atoms with Gasteiger partial charge >= 0.3 is 0 Å². The van der Waals surface area contributed by atoms with Crippen LogP contribution in [0, 0.1) is 5.92 Å². The van der Waals surface area contributed by atoms with Crippen molar-refractivity contribution in [3.05, 3.63) is 60.3 Å². The van der Waals surface area contributed by atoms with Crippen LogP contribution >= 0.6 is 0 Å². The van der Waals surface area contributed by atoms with Gasteiger partial charge in [-0.15, -0.1) is 0 Å². The van der Waals surface area contributed by atoms with E-state index in [9.17, 15) is 14.4 Å². The average Bonchev–Trinajstić information content (AvgIpc) is 3.47. The summed E-state index contributed by atoms with van der Waals surface area (Å²) in [5.74, 6) is 0.206. The first kappa shape index (κ1) is 22.0. The van der Waals surface area contributed by atoms with Crippen molar-refractivity contribution < 1.29 is 19.1 Å². The van der Waals surface area contributed by atoms with E-state index in [4.69, 9.17) is 4.74 Å². The van der Waals surface area contributed by atoms with Crippen molar-refractivity contribution in [3.63, 3.8) is 0 Å². The number of amides is 3. The van der Waals surface area contributed by atoms with Crippen LogP contribution in [0.25, 0.3) is 10.9 Å². The summed E-state index contributed by atoms with van der Waals surface area (Å²) in [5.41, 5.74) is 2.70. The van der Waals surface area contributed by atoms with E-state index in [1.807, 2.05) is 59.6 Å². The fourth-order valence-corrected chi connectivity index (χ4v) is 4.95. The summed E-state index contributed by atoms with van der Waals surface area (Å²) in [6, 6.07) is 15.3. The van der Waals surface area contributed by atoms with Gasteiger partial charge in [0, 0.05) is 56.2 Å². The van der Waals surface area contributed by atoms with Crippen LogP contribution in [0.2, 0.25) is 0 Å². The molecule has 0 saturated carbocycles. The van der Waals surface area contributed by atoms with Crippen molar-refractivity contribution in [1.82, 2.24) is 14.8 Å². The first-order valence-electron chi connectivity index (χ1n) is 11.6. The summed E-state index contributed by atoms with van der Waals surface area (Å²) in [6.07, 6.45) is 2.42. The van der Waals surface area contributed by atoms with Crippen LogP contribution in [0.5, 0.6) is 5.75 Å². The molecule has 2 saturated heterocycles. The zero-order chi connectivity index (χ0) is 23.7. The summed E-state index contributed by atoms with van der Waals surface area (Å²) in [6.45, 7) is 2.32. The van der Waals surface area contributed by atoms with Crippen LogP contribution in [0.15, 0.2) is 54.7 Å². The van der Waals surface area contributed by atoms with Crippen LogP contribution < -0.4 is 9.64 Å². The van der Waals surface area contributed by atoms with Crippen molar-refractivity contribution >= 4 is 34.3 Å². The SMILES string of the molecule is COc1ccccc1N1CC(C(=O)N2CCN(C(=O)Cc3c[nH]c4ccccc34)CC2)CC1=O. The molecule has 1 atom stereocenters. The molecule has 8 heteroatoms. The smallest absolute Gasteiger partial charge is 0.228 e. The van der Waals surface area contributed by atoms with E-state index < -0.39 is 0 Å². The van der Waals surface area contributed by atoms with Gasteiger partial charge < -0.3 is 24.4 Å². The highest BCUT2D eigenvalue weighted by Gasteiger charge is 2.39. The number of methoxy groups -OCH3 is 1. The molecule has 0 bridgehead atoms. The molecule has 3 amide bonds. The molecular formula is C26H28N4O4. The molecule has 5 rings (SSSR count). The highest BCUT2D eigenvalue weighted by Crippen LogP contribution is 2.33. The number of hydrogen-bond acceptors (Lipinski definition) is 4. The van der Waals surface area contributed by atoms with Gasteiger partial charge in [0.2, 0.25) is 17.7 Å². The molecule has 0 aliphatic carbocycles. The summed E-state index contributed by atoms with van der Waals surface area (Å²) in [7, 11) is 1.57. The summed E-state index contributed by atoms with van der Waals surface area (Å²) in [5, 5.41) is 1.06. The van der Waals surface area contributed by atoms with Crippen LogP contribution in [-0.4, -0.2) is 72.3 Å².